The van der Waals surface area contributed by atoms with E-state index in [1.165, 1.54) is 17.0 Å². The van der Waals surface area contributed by atoms with Crippen LogP contribution in [0, 0.1) is 17.5 Å². The lowest BCUT2D eigenvalue weighted by Gasteiger charge is -2.13. The molecular weight excluding hydrogens is 403 g/mol. The van der Waals surface area contributed by atoms with Crippen LogP contribution in [-0.4, -0.2) is 23.3 Å². The standard InChI is InChI=1S/C25H18F3NO2/c26-21-13-12-18(22(27)23(21)28)11-10-17-6-3-5-16(15-17)7-4-14-29-24(30)19-8-1-2-9-20(19)25(29)31/h1-3,5-6,8-13,15H,4,7,14H2. The molecule has 6 heteroatoms. The highest BCUT2D eigenvalue weighted by molar-refractivity contribution is 6.21. The number of amides is 2. The second-order valence-corrected chi connectivity index (χ2v) is 7.25. The lowest BCUT2D eigenvalue weighted by molar-refractivity contribution is 0.0652. The van der Waals surface area contributed by atoms with Crippen LogP contribution >= 0.6 is 0 Å². The van der Waals surface area contributed by atoms with Gasteiger partial charge < -0.3 is 0 Å². The van der Waals surface area contributed by atoms with Gasteiger partial charge in [-0.2, -0.15) is 0 Å². The Morgan fingerprint density at radius 3 is 2.19 bits per heavy atom. The summed E-state index contributed by atoms with van der Waals surface area (Å²) < 4.78 is 40.2. The molecule has 0 aromatic heterocycles. The third-order valence-electron chi connectivity index (χ3n) is 5.20. The molecule has 0 N–H and O–H groups in total. The Labute approximate surface area is 177 Å². The van der Waals surface area contributed by atoms with Crippen molar-refractivity contribution in [2.75, 3.05) is 6.54 Å². The molecule has 0 radical (unpaired) electrons. The second kappa shape index (κ2) is 8.60. The van der Waals surface area contributed by atoms with Crippen LogP contribution in [0.25, 0.3) is 12.2 Å². The van der Waals surface area contributed by atoms with E-state index in [9.17, 15) is 22.8 Å². The van der Waals surface area contributed by atoms with Crippen molar-refractivity contribution in [3.05, 3.63) is 106 Å². The SMILES string of the molecule is O=C1c2ccccc2C(=O)N1CCCc1cccc(C=Cc2ccc(F)c(F)c2F)c1. The molecule has 156 valence electrons. The fourth-order valence-corrected chi connectivity index (χ4v) is 3.59. The van der Waals surface area contributed by atoms with Crippen molar-refractivity contribution < 1.29 is 22.8 Å². The van der Waals surface area contributed by atoms with Gasteiger partial charge in [-0.05, 0) is 48.2 Å². The number of carbonyl (C=O) groups excluding carboxylic acids is 2. The molecule has 3 nitrogen and oxygen atoms in total. The maximum atomic E-state index is 13.8. The molecule has 0 saturated carbocycles. The first-order chi connectivity index (χ1) is 15.0. The lowest BCUT2D eigenvalue weighted by Crippen LogP contribution is -2.30. The van der Waals surface area contributed by atoms with Gasteiger partial charge in [0.05, 0.1) is 11.1 Å². The van der Waals surface area contributed by atoms with Crippen LogP contribution in [0.4, 0.5) is 13.2 Å². The number of benzene rings is 3. The number of hydrogen-bond acceptors (Lipinski definition) is 2. The van der Waals surface area contributed by atoms with Gasteiger partial charge in [-0.3, -0.25) is 14.5 Å². The monoisotopic (exact) mass is 421 g/mol. The topological polar surface area (TPSA) is 37.4 Å². The number of carbonyl (C=O) groups is 2. The molecule has 3 aromatic carbocycles. The third kappa shape index (κ3) is 4.14. The van der Waals surface area contributed by atoms with Crippen molar-refractivity contribution in [3.8, 4) is 0 Å². The zero-order valence-electron chi connectivity index (χ0n) is 16.4. The quantitative estimate of drug-likeness (QED) is 0.299. The summed E-state index contributed by atoms with van der Waals surface area (Å²) in [4.78, 5) is 26.1. The van der Waals surface area contributed by atoms with Gasteiger partial charge in [-0.1, -0.05) is 48.6 Å². The van der Waals surface area contributed by atoms with Gasteiger partial charge in [0, 0.05) is 12.1 Å². The summed E-state index contributed by atoms with van der Waals surface area (Å²) in [6, 6.07) is 16.3. The normalized spacial score (nSPS) is 13.3. The van der Waals surface area contributed by atoms with Gasteiger partial charge in [-0.15, -0.1) is 0 Å². The molecule has 0 atom stereocenters. The van der Waals surface area contributed by atoms with Crippen molar-refractivity contribution in [1.29, 1.82) is 0 Å². The van der Waals surface area contributed by atoms with E-state index in [0.717, 1.165) is 17.2 Å². The molecule has 4 rings (SSSR count). The first-order valence-electron chi connectivity index (χ1n) is 9.81. The maximum Gasteiger partial charge on any atom is 0.261 e. The van der Waals surface area contributed by atoms with Crippen molar-refractivity contribution in [1.82, 2.24) is 4.90 Å². The van der Waals surface area contributed by atoms with Crippen LogP contribution in [-0.2, 0) is 6.42 Å². The molecule has 2 amide bonds. The summed E-state index contributed by atoms with van der Waals surface area (Å²) in [5.41, 5.74) is 2.56. The molecular formula is C25H18F3NO2. The summed E-state index contributed by atoms with van der Waals surface area (Å²) in [7, 11) is 0. The molecule has 1 aliphatic rings. The number of hydrogen-bond donors (Lipinski definition) is 0. The van der Waals surface area contributed by atoms with Gasteiger partial charge in [0.15, 0.2) is 17.5 Å². The Morgan fingerprint density at radius 2 is 1.48 bits per heavy atom. The molecule has 1 aliphatic heterocycles. The minimum absolute atomic E-state index is 0.0464. The Balaban J connectivity index is 1.39. The zero-order chi connectivity index (χ0) is 22.0. The van der Waals surface area contributed by atoms with Crippen LogP contribution < -0.4 is 0 Å². The number of imide groups is 1. The van der Waals surface area contributed by atoms with E-state index < -0.39 is 17.5 Å². The number of fused-ring (bicyclic) bond motifs is 1. The van der Waals surface area contributed by atoms with Crippen molar-refractivity contribution >= 4 is 24.0 Å². The average Bonchev–Trinajstić information content (AvgIpc) is 3.02. The van der Waals surface area contributed by atoms with Gasteiger partial charge in [0.1, 0.15) is 0 Å². The maximum absolute atomic E-state index is 13.8. The minimum Gasteiger partial charge on any atom is -0.274 e. The fourth-order valence-electron chi connectivity index (χ4n) is 3.59. The van der Waals surface area contributed by atoms with E-state index in [-0.39, 0.29) is 17.4 Å². The summed E-state index contributed by atoms with van der Waals surface area (Å²) in [5.74, 6) is -4.50. The molecule has 0 fully saturated rings. The van der Waals surface area contributed by atoms with E-state index in [2.05, 4.69) is 0 Å². The molecule has 0 unspecified atom stereocenters. The first kappa shape index (κ1) is 20.6. The highest BCUT2D eigenvalue weighted by Crippen LogP contribution is 2.23. The smallest absolute Gasteiger partial charge is 0.261 e. The van der Waals surface area contributed by atoms with Crippen molar-refractivity contribution in [3.63, 3.8) is 0 Å². The largest absolute Gasteiger partial charge is 0.274 e. The Bertz CT molecular complexity index is 1170. The highest BCUT2D eigenvalue weighted by atomic mass is 19.2. The summed E-state index contributed by atoms with van der Waals surface area (Å²) >= 11 is 0. The molecule has 0 aliphatic carbocycles. The zero-order valence-corrected chi connectivity index (χ0v) is 16.4. The van der Waals surface area contributed by atoms with Gasteiger partial charge >= 0.3 is 0 Å². The molecule has 1 heterocycles. The van der Waals surface area contributed by atoms with E-state index in [1.807, 2.05) is 24.3 Å². The van der Waals surface area contributed by atoms with E-state index >= 15 is 0 Å². The third-order valence-corrected chi connectivity index (χ3v) is 5.20. The fraction of sp³-hybridized carbons (Fsp3) is 0.120. The summed E-state index contributed by atoms with van der Waals surface area (Å²) in [6.45, 7) is 0.312. The summed E-state index contributed by atoms with van der Waals surface area (Å²) in [5, 5.41) is 0. The molecule has 0 saturated heterocycles. The molecule has 3 aromatic rings. The van der Waals surface area contributed by atoms with E-state index in [4.69, 9.17) is 0 Å². The minimum atomic E-state index is -1.50. The van der Waals surface area contributed by atoms with Crippen molar-refractivity contribution in [2.24, 2.45) is 0 Å². The number of halogens is 3. The lowest BCUT2D eigenvalue weighted by atomic mass is 10.0. The number of nitrogens with zero attached hydrogens (tertiary/aromatic N) is 1. The first-order valence-corrected chi connectivity index (χ1v) is 9.81. The van der Waals surface area contributed by atoms with Gasteiger partial charge in [-0.25, -0.2) is 13.2 Å². The molecule has 0 spiro atoms. The van der Waals surface area contributed by atoms with Gasteiger partial charge in [0.25, 0.3) is 11.8 Å². The Morgan fingerprint density at radius 1 is 0.774 bits per heavy atom. The van der Waals surface area contributed by atoms with E-state index in [0.29, 0.717) is 30.5 Å². The van der Waals surface area contributed by atoms with Crippen LogP contribution in [0.5, 0.6) is 0 Å². The Hall–Kier alpha value is -3.67. The van der Waals surface area contributed by atoms with Crippen molar-refractivity contribution in [2.45, 2.75) is 12.8 Å². The van der Waals surface area contributed by atoms with Crippen LogP contribution in [0.2, 0.25) is 0 Å². The number of rotatable bonds is 6. The van der Waals surface area contributed by atoms with E-state index in [1.54, 1.807) is 30.3 Å². The summed E-state index contributed by atoms with van der Waals surface area (Å²) in [6.07, 6.45) is 4.23. The number of aryl methyl sites for hydroxylation is 1. The van der Waals surface area contributed by atoms with Crippen LogP contribution in [0.15, 0.2) is 60.7 Å². The van der Waals surface area contributed by atoms with Crippen LogP contribution in [0.3, 0.4) is 0 Å². The van der Waals surface area contributed by atoms with Crippen LogP contribution in [0.1, 0.15) is 43.8 Å². The average molecular weight is 421 g/mol. The predicted molar refractivity (Wildman–Crippen MR) is 112 cm³/mol. The van der Waals surface area contributed by atoms with Gasteiger partial charge in [0.2, 0.25) is 0 Å². The predicted octanol–water partition coefficient (Wildman–Crippen LogP) is 5.50. The second-order valence-electron chi connectivity index (χ2n) is 7.25. The molecule has 0 bridgehead atoms. The molecule has 31 heavy (non-hydrogen) atoms. The Kier molecular flexibility index (Phi) is 5.71. The highest BCUT2D eigenvalue weighted by Gasteiger charge is 2.34.